The number of hydrogen-bond donors (Lipinski definition) is 1. The quantitative estimate of drug-likeness (QED) is 0.938. The molecular formula is C13H14ClN3O2S. The number of sulfonamides is 1. The predicted octanol–water partition coefficient (Wildman–Crippen LogP) is 2.14. The van der Waals surface area contributed by atoms with E-state index < -0.39 is 10.0 Å². The molecule has 20 heavy (non-hydrogen) atoms. The first-order chi connectivity index (χ1) is 9.41. The normalized spacial score (nSPS) is 11.8. The molecule has 0 aliphatic carbocycles. The fourth-order valence-corrected chi connectivity index (χ4v) is 3.18. The third-order valence-corrected chi connectivity index (χ3v) is 4.88. The van der Waals surface area contributed by atoms with Crippen molar-refractivity contribution in [2.75, 3.05) is 12.8 Å². The Kier molecular flexibility index (Phi) is 4.27. The Labute approximate surface area is 123 Å². The van der Waals surface area contributed by atoms with E-state index in [1.54, 1.807) is 18.2 Å². The molecule has 106 valence electrons. The monoisotopic (exact) mass is 311 g/mol. The Balaban J connectivity index is 2.29. The van der Waals surface area contributed by atoms with E-state index >= 15 is 0 Å². The molecule has 0 fully saturated rings. The Morgan fingerprint density at radius 1 is 1.35 bits per heavy atom. The van der Waals surface area contributed by atoms with Crippen LogP contribution >= 0.6 is 11.6 Å². The number of hydrogen-bond acceptors (Lipinski definition) is 4. The van der Waals surface area contributed by atoms with Gasteiger partial charge in [-0.3, -0.25) is 4.98 Å². The molecule has 1 heterocycles. The van der Waals surface area contributed by atoms with Gasteiger partial charge in [-0.1, -0.05) is 23.7 Å². The van der Waals surface area contributed by atoms with Gasteiger partial charge in [0.05, 0.1) is 5.69 Å². The SMILES string of the molecule is CN(Cc1cccc(Cl)c1)S(=O)(=O)c1cnccc1N. The first-order valence-corrected chi connectivity index (χ1v) is 7.63. The fourth-order valence-electron chi connectivity index (χ4n) is 1.75. The second-order valence-electron chi connectivity index (χ2n) is 4.30. The Bertz CT molecular complexity index is 719. The first kappa shape index (κ1) is 14.8. The van der Waals surface area contributed by atoms with Crippen LogP contribution in [0.4, 0.5) is 5.69 Å². The maximum atomic E-state index is 12.4. The van der Waals surface area contributed by atoms with Gasteiger partial charge in [-0.2, -0.15) is 4.31 Å². The summed E-state index contributed by atoms with van der Waals surface area (Å²) in [6, 6.07) is 8.50. The molecule has 0 aliphatic rings. The summed E-state index contributed by atoms with van der Waals surface area (Å²) in [6.45, 7) is 0.206. The minimum Gasteiger partial charge on any atom is -0.398 e. The van der Waals surface area contributed by atoms with Crippen molar-refractivity contribution in [2.45, 2.75) is 11.4 Å². The van der Waals surface area contributed by atoms with E-state index in [0.29, 0.717) is 5.02 Å². The van der Waals surface area contributed by atoms with Crippen LogP contribution in [0.25, 0.3) is 0 Å². The highest BCUT2D eigenvalue weighted by Crippen LogP contribution is 2.22. The molecule has 0 saturated carbocycles. The Morgan fingerprint density at radius 3 is 2.75 bits per heavy atom. The number of nitrogens with two attached hydrogens (primary N) is 1. The minimum atomic E-state index is -3.68. The zero-order valence-electron chi connectivity index (χ0n) is 10.8. The summed E-state index contributed by atoms with van der Waals surface area (Å²) in [5, 5.41) is 0.564. The third kappa shape index (κ3) is 3.09. The molecule has 0 radical (unpaired) electrons. The molecule has 0 bridgehead atoms. The van der Waals surface area contributed by atoms with Crippen molar-refractivity contribution in [1.29, 1.82) is 0 Å². The lowest BCUT2D eigenvalue weighted by Gasteiger charge is -2.18. The van der Waals surface area contributed by atoms with Gasteiger partial charge in [0.25, 0.3) is 0 Å². The number of benzene rings is 1. The van der Waals surface area contributed by atoms with Gasteiger partial charge < -0.3 is 5.73 Å². The predicted molar refractivity (Wildman–Crippen MR) is 78.8 cm³/mol. The van der Waals surface area contributed by atoms with E-state index in [0.717, 1.165) is 5.56 Å². The van der Waals surface area contributed by atoms with E-state index in [4.69, 9.17) is 17.3 Å². The van der Waals surface area contributed by atoms with E-state index in [9.17, 15) is 8.42 Å². The molecule has 1 aromatic heterocycles. The van der Waals surface area contributed by atoms with Gasteiger partial charge in [0, 0.05) is 31.0 Å². The zero-order chi connectivity index (χ0) is 14.8. The average Bonchev–Trinajstić information content (AvgIpc) is 2.39. The van der Waals surface area contributed by atoms with E-state index in [2.05, 4.69) is 4.98 Å². The van der Waals surface area contributed by atoms with Crippen LogP contribution in [0.5, 0.6) is 0 Å². The fraction of sp³-hybridized carbons (Fsp3) is 0.154. The Morgan fingerprint density at radius 2 is 2.10 bits per heavy atom. The average molecular weight is 312 g/mol. The summed E-state index contributed by atoms with van der Waals surface area (Å²) in [4.78, 5) is 3.81. The number of nitrogens with zero attached hydrogens (tertiary/aromatic N) is 2. The highest BCUT2D eigenvalue weighted by atomic mass is 35.5. The zero-order valence-corrected chi connectivity index (χ0v) is 12.4. The summed E-state index contributed by atoms with van der Waals surface area (Å²) in [7, 11) is -2.19. The highest BCUT2D eigenvalue weighted by Gasteiger charge is 2.23. The second kappa shape index (κ2) is 5.78. The van der Waals surface area contributed by atoms with Crippen LogP contribution in [-0.4, -0.2) is 24.8 Å². The van der Waals surface area contributed by atoms with Gasteiger partial charge >= 0.3 is 0 Å². The van der Waals surface area contributed by atoms with Crippen LogP contribution in [0.1, 0.15) is 5.56 Å². The molecule has 0 saturated heterocycles. The van der Waals surface area contributed by atoms with Crippen LogP contribution in [0, 0.1) is 0 Å². The third-order valence-electron chi connectivity index (χ3n) is 2.80. The van der Waals surface area contributed by atoms with Gasteiger partial charge in [-0.05, 0) is 23.8 Å². The maximum Gasteiger partial charge on any atom is 0.246 e. The number of pyridine rings is 1. The molecule has 7 heteroatoms. The van der Waals surface area contributed by atoms with Gasteiger partial charge in [-0.15, -0.1) is 0 Å². The Hall–Kier alpha value is -1.63. The summed E-state index contributed by atoms with van der Waals surface area (Å²) < 4.78 is 26.0. The molecule has 2 rings (SSSR count). The molecule has 0 amide bonds. The van der Waals surface area contributed by atoms with Crippen molar-refractivity contribution in [2.24, 2.45) is 0 Å². The van der Waals surface area contributed by atoms with Crippen molar-refractivity contribution >= 4 is 27.3 Å². The maximum absolute atomic E-state index is 12.4. The van der Waals surface area contributed by atoms with Crippen LogP contribution in [0.3, 0.4) is 0 Å². The highest BCUT2D eigenvalue weighted by molar-refractivity contribution is 7.89. The number of aromatic nitrogens is 1. The van der Waals surface area contributed by atoms with E-state index in [1.807, 2.05) is 6.07 Å². The van der Waals surface area contributed by atoms with Crippen LogP contribution in [0.15, 0.2) is 47.6 Å². The molecule has 0 spiro atoms. The van der Waals surface area contributed by atoms with E-state index in [-0.39, 0.29) is 17.1 Å². The van der Waals surface area contributed by atoms with Crippen molar-refractivity contribution in [3.05, 3.63) is 53.3 Å². The molecule has 0 unspecified atom stereocenters. The second-order valence-corrected chi connectivity index (χ2v) is 6.75. The molecule has 0 aliphatic heterocycles. The summed E-state index contributed by atoms with van der Waals surface area (Å²) in [5.74, 6) is 0. The molecular weight excluding hydrogens is 298 g/mol. The number of anilines is 1. The molecule has 5 nitrogen and oxygen atoms in total. The van der Waals surface area contributed by atoms with Crippen molar-refractivity contribution < 1.29 is 8.42 Å². The number of nitrogen functional groups attached to an aromatic ring is 1. The number of halogens is 1. The summed E-state index contributed by atoms with van der Waals surface area (Å²) in [6.07, 6.45) is 2.70. The largest absolute Gasteiger partial charge is 0.398 e. The van der Waals surface area contributed by atoms with Crippen molar-refractivity contribution in [3.63, 3.8) is 0 Å². The molecule has 1 aromatic carbocycles. The lowest BCUT2D eigenvalue weighted by molar-refractivity contribution is 0.467. The lowest BCUT2D eigenvalue weighted by Crippen LogP contribution is -2.27. The topological polar surface area (TPSA) is 76.3 Å². The van der Waals surface area contributed by atoms with Crippen molar-refractivity contribution in [1.82, 2.24) is 9.29 Å². The molecule has 2 aromatic rings. The van der Waals surface area contributed by atoms with Gasteiger partial charge in [0.15, 0.2) is 0 Å². The molecule has 2 N–H and O–H groups in total. The van der Waals surface area contributed by atoms with Crippen LogP contribution < -0.4 is 5.73 Å². The first-order valence-electron chi connectivity index (χ1n) is 5.81. The minimum absolute atomic E-state index is 0.00419. The summed E-state index contributed by atoms with van der Waals surface area (Å²) >= 11 is 5.89. The van der Waals surface area contributed by atoms with Gasteiger partial charge in [0.2, 0.25) is 10.0 Å². The lowest BCUT2D eigenvalue weighted by atomic mass is 10.2. The van der Waals surface area contributed by atoms with Crippen LogP contribution in [-0.2, 0) is 16.6 Å². The van der Waals surface area contributed by atoms with Gasteiger partial charge in [-0.25, -0.2) is 8.42 Å². The van der Waals surface area contributed by atoms with E-state index in [1.165, 1.54) is 29.8 Å². The molecule has 0 atom stereocenters. The van der Waals surface area contributed by atoms with Gasteiger partial charge in [0.1, 0.15) is 4.90 Å². The number of rotatable bonds is 4. The van der Waals surface area contributed by atoms with Crippen LogP contribution in [0.2, 0.25) is 5.02 Å². The summed E-state index contributed by atoms with van der Waals surface area (Å²) in [5.41, 5.74) is 6.67. The standard InChI is InChI=1S/C13H14ClN3O2S/c1-17(9-10-3-2-4-11(14)7-10)20(18,19)13-8-16-6-5-12(13)15/h2-8H,9H2,1H3,(H2,15,16). The smallest absolute Gasteiger partial charge is 0.246 e. The van der Waals surface area contributed by atoms with Crippen molar-refractivity contribution in [3.8, 4) is 0 Å².